The first-order valence-corrected chi connectivity index (χ1v) is 7.20. The summed E-state index contributed by atoms with van der Waals surface area (Å²) in [5.41, 5.74) is 0.504. The molecule has 0 aliphatic heterocycles. The number of hydrogen-bond acceptors (Lipinski definition) is 4. The molecule has 5 heteroatoms. The Morgan fingerprint density at radius 2 is 1.86 bits per heavy atom. The molecule has 1 aromatic carbocycles. The van der Waals surface area contributed by atoms with E-state index in [0.29, 0.717) is 17.1 Å². The maximum absolute atomic E-state index is 12.1. The van der Waals surface area contributed by atoms with Crippen LogP contribution in [0, 0.1) is 0 Å². The fourth-order valence-corrected chi connectivity index (χ4v) is 2.01. The quantitative estimate of drug-likeness (QED) is 0.657. The summed E-state index contributed by atoms with van der Waals surface area (Å²) in [5.74, 6) is 0.870. The maximum atomic E-state index is 12.1. The van der Waals surface area contributed by atoms with Crippen LogP contribution >= 0.6 is 0 Å². The molecule has 0 heterocycles. The molecular formula is C16H23NO4. The van der Waals surface area contributed by atoms with Gasteiger partial charge in [-0.15, -0.1) is 0 Å². The average Bonchev–Trinajstić information content (AvgIpc) is 2.52. The summed E-state index contributed by atoms with van der Waals surface area (Å²) in [6.45, 7) is 5.52. The van der Waals surface area contributed by atoms with E-state index in [-0.39, 0.29) is 12.5 Å². The van der Waals surface area contributed by atoms with Gasteiger partial charge in [-0.05, 0) is 31.0 Å². The van der Waals surface area contributed by atoms with Gasteiger partial charge in [0, 0.05) is 18.7 Å². The van der Waals surface area contributed by atoms with E-state index in [4.69, 9.17) is 9.47 Å². The Balaban J connectivity index is 2.69. The molecule has 21 heavy (non-hydrogen) atoms. The van der Waals surface area contributed by atoms with Crippen LogP contribution in [0.5, 0.6) is 11.5 Å². The van der Waals surface area contributed by atoms with Crippen molar-refractivity contribution < 1.29 is 19.1 Å². The average molecular weight is 293 g/mol. The Labute approximate surface area is 125 Å². The molecule has 1 amide bonds. The molecule has 0 atom stereocenters. The fourth-order valence-electron chi connectivity index (χ4n) is 2.01. The van der Waals surface area contributed by atoms with Crippen molar-refractivity contribution >= 4 is 12.2 Å². The molecule has 0 N–H and O–H groups in total. The molecule has 1 aromatic rings. The molecule has 0 aromatic heterocycles. The Hall–Kier alpha value is -2.04. The van der Waals surface area contributed by atoms with Crippen LogP contribution in [-0.2, 0) is 4.79 Å². The highest BCUT2D eigenvalue weighted by Gasteiger charge is 2.14. The lowest BCUT2D eigenvalue weighted by Gasteiger charge is -2.21. The van der Waals surface area contributed by atoms with Crippen molar-refractivity contribution in [1.29, 1.82) is 0 Å². The molecule has 0 fully saturated rings. The minimum absolute atomic E-state index is 0.0310. The van der Waals surface area contributed by atoms with Crippen molar-refractivity contribution in [1.82, 2.24) is 4.90 Å². The van der Waals surface area contributed by atoms with E-state index in [2.05, 4.69) is 0 Å². The van der Waals surface area contributed by atoms with E-state index in [9.17, 15) is 9.59 Å². The van der Waals surface area contributed by atoms with Gasteiger partial charge in [0.1, 0.15) is 6.29 Å². The number of hydrogen-bond donors (Lipinski definition) is 0. The van der Waals surface area contributed by atoms with Gasteiger partial charge < -0.3 is 14.4 Å². The summed E-state index contributed by atoms with van der Waals surface area (Å²) >= 11 is 0. The van der Waals surface area contributed by atoms with Gasteiger partial charge in [0.25, 0.3) is 5.91 Å². The fraction of sp³-hybridized carbons (Fsp3) is 0.500. The predicted molar refractivity (Wildman–Crippen MR) is 81.0 cm³/mol. The van der Waals surface area contributed by atoms with Crippen molar-refractivity contribution in [2.24, 2.45) is 0 Å². The zero-order valence-electron chi connectivity index (χ0n) is 12.9. The van der Waals surface area contributed by atoms with Gasteiger partial charge in [0.2, 0.25) is 0 Å². The van der Waals surface area contributed by atoms with Gasteiger partial charge in [-0.1, -0.05) is 13.8 Å². The van der Waals surface area contributed by atoms with E-state index >= 15 is 0 Å². The number of benzene rings is 1. The third kappa shape index (κ3) is 5.10. The number of methoxy groups -OCH3 is 1. The van der Waals surface area contributed by atoms with Crippen LogP contribution in [0.15, 0.2) is 18.2 Å². The topological polar surface area (TPSA) is 55.8 Å². The molecule has 0 aliphatic rings. The van der Waals surface area contributed by atoms with E-state index in [1.165, 1.54) is 7.11 Å². The smallest absolute Gasteiger partial charge is 0.260 e. The second kappa shape index (κ2) is 9.00. The molecule has 0 saturated carbocycles. The molecule has 0 radical (unpaired) electrons. The van der Waals surface area contributed by atoms with Crippen LogP contribution in [0.2, 0.25) is 0 Å². The van der Waals surface area contributed by atoms with Gasteiger partial charge in [0.15, 0.2) is 18.1 Å². The first-order chi connectivity index (χ1) is 10.2. The molecule has 5 nitrogen and oxygen atoms in total. The molecule has 116 valence electrons. The van der Waals surface area contributed by atoms with Crippen molar-refractivity contribution in [3.8, 4) is 11.5 Å². The van der Waals surface area contributed by atoms with Crippen LogP contribution < -0.4 is 9.47 Å². The number of ether oxygens (including phenoxy) is 2. The van der Waals surface area contributed by atoms with Crippen LogP contribution in [0.1, 0.15) is 37.0 Å². The van der Waals surface area contributed by atoms with Gasteiger partial charge in [-0.2, -0.15) is 0 Å². The summed E-state index contributed by atoms with van der Waals surface area (Å²) in [6.07, 6.45) is 2.58. The van der Waals surface area contributed by atoms with E-state index in [1.54, 1.807) is 23.1 Å². The van der Waals surface area contributed by atoms with Crippen LogP contribution in [-0.4, -0.2) is 43.9 Å². The Morgan fingerprint density at radius 3 is 2.38 bits per heavy atom. The van der Waals surface area contributed by atoms with Crippen LogP contribution in [0.3, 0.4) is 0 Å². The van der Waals surface area contributed by atoms with Crippen LogP contribution in [0.4, 0.5) is 0 Å². The summed E-state index contributed by atoms with van der Waals surface area (Å²) in [5, 5.41) is 0. The predicted octanol–water partition coefficient (Wildman–Crippen LogP) is 2.54. The van der Waals surface area contributed by atoms with Gasteiger partial charge in [-0.25, -0.2) is 0 Å². The second-order valence-corrected chi connectivity index (χ2v) is 4.70. The molecule has 1 rings (SSSR count). The van der Waals surface area contributed by atoms with Crippen molar-refractivity contribution in [2.45, 2.75) is 26.7 Å². The minimum Gasteiger partial charge on any atom is -0.493 e. The number of nitrogens with zero attached hydrogens (tertiary/aromatic N) is 1. The van der Waals surface area contributed by atoms with Gasteiger partial charge >= 0.3 is 0 Å². The summed E-state index contributed by atoms with van der Waals surface area (Å²) in [6, 6.07) is 4.85. The lowest BCUT2D eigenvalue weighted by molar-refractivity contribution is -0.133. The van der Waals surface area contributed by atoms with E-state index in [1.807, 2.05) is 13.8 Å². The van der Waals surface area contributed by atoms with E-state index in [0.717, 1.165) is 32.2 Å². The number of carbonyl (C=O) groups excluding carboxylic acids is 2. The molecule has 0 spiro atoms. The highest BCUT2D eigenvalue weighted by molar-refractivity contribution is 5.78. The summed E-state index contributed by atoms with van der Waals surface area (Å²) in [4.78, 5) is 24.6. The summed E-state index contributed by atoms with van der Waals surface area (Å²) in [7, 11) is 1.50. The Bertz CT molecular complexity index is 467. The van der Waals surface area contributed by atoms with Crippen molar-refractivity contribution in [3.63, 3.8) is 0 Å². The third-order valence-corrected chi connectivity index (χ3v) is 3.01. The second-order valence-electron chi connectivity index (χ2n) is 4.70. The Morgan fingerprint density at radius 1 is 1.19 bits per heavy atom. The van der Waals surface area contributed by atoms with Crippen LogP contribution in [0.25, 0.3) is 0 Å². The largest absolute Gasteiger partial charge is 0.493 e. The number of rotatable bonds is 9. The number of amides is 1. The van der Waals surface area contributed by atoms with Crippen molar-refractivity contribution in [2.75, 3.05) is 26.8 Å². The Kier molecular flexibility index (Phi) is 7.29. The highest BCUT2D eigenvalue weighted by Crippen LogP contribution is 2.27. The zero-order chi connectivity index (χ0) is 15.7. The van der Waals surface area contributed by atoms with Gasteiger partial charge in [-0.3, -0.25) is 9.59 Å². The number of aldehydes is 1. The monoisotopic (exact) mass is 293 g/mol. The van der Waals surface area contributed by atoms with Crippen molar-refractivity contribution in [3.05, 3.63) is 23.8 Å². The summed E-state index contributed by atoms with van der Waals surface area (Å²) < 4.78 is 10.7. The number of carbonyl (C=O) groups is 2. The maximum Gasteiger partial charge on any atom is 0.260 e. The lowest BCUT2D eigenvalue weighted by Crippen LogP contribution is -2.36. The third-order valence-electron chi connectivity index (χ3n) is 3.01. The normalized spacial score (nSPS) is 10.0. The molecular weight excluding hydrogens is 270 g/mol. The SMILES string of the molecule is CCCN(CCC)C(=O)COc1ccc(C=O)cc1OC. The first-order valence-electron chi connectivity index (χ1n) is 7.20. The minimum atomic E-state index is -0.0415. The standard InChI is InChI=1S/C16H23NO4/c1-4-8-17(9-5-2)16(19)12-21-14-7-6-13(11-18)10-15(14)20-3/h6-7,10-11H,4-5,8-9,12H2,1-3H3. The molecule has 0 unspecified atom stereocenters. The first kappa shape index (κ1) is 17.0. The molecule has 0 bridgehead atoms. The zero-order valence-corrected chi connectivity index (χ0v) is 12.9. The molecule has 0 saturated heterocycles. The highest BCUT2D eigenvalue weighted by atomic mass is 16.5. The van der Waals surface area contributed by atoms with E-state index < -0.39 is 0 Å². The molecule has 0 aliphatic carbocycles. The van der Waals surface area contributed by atoms with Gasteiger partial charge in [0.05, 0.1) is 7.11 Å². The lowest BCUT2D eigenvalue weighted by atomic mass is 10.2.